The van der Waals surface area contributed by atoms with Crippen LogP contribution in [0.3, 0.4) is 0 Å². The van der Waals surface area contributed by atoms with Crippen molar-refractivity contribution in [2.24, 2.45) is 0 Å². The molecule has 0 aliphatic carbocycles. The summed E-state index contributed by atoms with van der Waals surface area (Å²) in [6, 6.07) is 7.89. The first kappa shape index (κ1) is 10.1. The van der Waals surface area contributed by atoms with Gasteiger partial charge in [-0.05, 0) is 24.3 Å². The lowest BCUT2D eigenvalue weighted by atomic mass is 10.3. The van der Waals surface area contributed by atoms with Gasteiger partial charge in [0.1, 0.15) is 0 Å². The maximum atomic E-state index is 5.59. The van der Waals surface area contributed by atoms with Crippen molar-refractivity contribution in [2.75, 3.05) is 17.2 Å². The van der Waals surface area contributed by atoms with E-state index in [4.69, 9.17) is 5.73 Å². The van der Waals surface area contributed by atoms with Gasteiger partial charge < -0.3 is 11.1 Å². The Bertz CT molecular complexity index is 261. The van der Waals surface area contributed by atoms with Gasteiger partial charge in [-0.1, -0.05) is 19.6 Å². The summed E-state index contributed by atoms with van der Waals surface area (Å²) in [6.07, 6.45) is 1.11. The van der Waals surface area contributed by atoms with Crippen molar-refractivity contribution in [2.45, 2.75) is 19.6 Å². The van der Waals surface area contributed by atoms with E-state index in [1.54, 1.807) is 0 Å². The van der Waals surface area contributed by atoms with Crippen LogP contribution in [0.1, 0.15) is 0 Å². The average molecular weight is 194 g/mol. The first-order valence-electron chi connectivity index (χ1n) is 4.57. The fourth-order valence-electron chi connectivity index (χ4n) is 0.968. The van der Waals surface area contributed by atoms with Crippen LogP contribution in [0.5, 0.6) is 0 Å². The fourth-order valence-corrected chi connectivity index (χ4v) is 1.70. The molecule has 0 atom stereocenters. The number of nitrogen functional groups attached to an aromatic ring is 1. The molecular formula is C10H18N2Si. The lowest BCUT2D eigenvalue weighted by Gasteiger charge is -2.17. The molecule has 0 saturated heterocycles. The second-order valence-electron chi connectivity index (χ2n) is 4.54. The molecule has 1 aromatic carbocycles. The Morgan fingerprint density at radius 2 is 1.69 bits per heavy atom. The third kappa shape index (κ3) is 3.99. The van der Waals surface area contributed by atoms with E-state index < -0.39 is 8.07 Å². The summed E-state index contributed by atoms with van der Waals surface area (Å²) < 4.78 is 0. The molecule has 0 aromatic heterocycles. The summed E-state index contributed by atoms with van der Waals surface area (Å²) in [5.41, 5.74) is 7.57. The monoisotopic (exact) mass is 194 g/mol. The second kappa shape index (κ2) is 3.83. The van der Waals surface area contributed by atoms with E-state index >= 15 is 0 Å². The van der Waals surface area contributed by atoms with E-state index in [9.17, 15) is 0 Å². The number of rotatable bonds is 3. The van der Waals surface area contributed by atoms with Gasteiger partial charge in [-0.3, -0.25) is 0 Å². The molecule has 0 aliphatic rings. The predicted molar refractivity (Wildman–Crippen MR) is 62.7 cm³/mol. The van der Waals surface area contributed by atoms with Gasteiger partial charge in [-0.15, -0.1) is 0 Å². The molecule has 3 heteroatoms. The third-order valence-corrected chi connectivity index (χ3v) is 2.97. The van der Waals surface area contributed by atoms with Crippen LogP contribution in [-0.4, -0.2) is 14.2 Å². The maximum absolute atomic E-state index is 5.59. The van der Waals surface area contributed by atoms with Crippen molar-refractivity contribution >= 4 is 19.4 Å². The van der Waals surface area contributed by atoms with E-state index in [0.717, 1.165) is 17.5 Å². The first-order valence-corrected chi connectivity index (χ1v) is 8.27. The minimum atomic E-state index is -0.996. The molecule has 2 nitrogen and oxygen atoms in total. The van der Waals surface area contributed by atoms with Gasteiger partial charge in [-0.2, -0.15) is 0 Å². The van der Waals surface area contributed by atoms with Gasteiger partial charge in [0, 0.05) is 17.5 Å². The quantitative estimate of drug-likeness (QED) is 0.573. The highest BCUT2D eigenvalue weighted by atomic mass is 28.3. The van der Waals surface area contributed by atoms with Gasteiger partial charge in [0.05, 0.1) is 8.07 Å². The Hall–Kier alpha value is -0.963. The van der Waals surface area contributed by atoms with E-state index in [1.807, 2.05) is 24.3 Å². The van der Waals surface area contributed by atoms with Gasteiger partial charge in [0.2, 0.25) is 0 Å². The summed E-state index contributed by atoms with van der Waals surface area (Å²) in [6.45, 7) is 7.03. The molecule has 3 N–H and O–H groups in total. The van der Waals surface area contributed by atoms with Crippen molar-refractivity contribution in [3.8, 4) is 0 Å². The standard InChI is InChI=1S/C10H18N2Si/c1-13(2,3)8-12-10-6-4-9(11)5-7-10/h4-7,12H,8,11H2,1-3H3. The largest absolute Gasteiger partial charge is 0.399 e. The summed E-state index contributed by atoms with van der Waals surface area (Å²) in [5.74, 6) is 0. The van der Waals surface area contributed by atoms with Crippen LogP contribution < -0.4 is 11.1 Å². The minimum absolute atomic E-state index is 0.818. The molecule has 1 rings (SSSR count). The first-order chi connectivity index (χ1) is 5.97. The van der Waals surface area contributed by atoms with Crippen LogP contribution >= 0.6 is 0 Å². The number of nitrogens with two attached hydrogens (primary N) is 1. The summed E-state index contributed by atoms with van der Waals surface area (Å²) in [5, 5.41) is 3.42. The topological polar surface area (TPSA) is 38.0 Å². The van der Waals surface area contributed by atoms with Crippen LogP contribution in [0.2, 0.25) is 19.6 Å². The zero-order valence-corrected chi connectivity index (χ0v) is 9.59. The Kier molecular flexibility index (Phi) is 2.98. The van der Waals surface area contributed by atoms with E-state index in [1.165, 1.54) is 0 Å². The van der Waals surface area contributed by atoms with Crippen molar-refractivity contribution < 1.29 is 0 Å². The van der Waals surface area contributed by atoms with Gasteiger partial charge in [0.15, 0.2) is 0 Å². The Labute approximate surface area is 81.2 Å². The van der Waals surface area contributed by atoms with Crippen LogP contribution in [0.15, 0.2) is 24.3 Å². The molecule has 0 spiro atoms. The summed E-state index contributed by atoms with van der Waals surface area (Å²) in [7, 11) is -0.996. The zero-order valence-electron chi connectivity index (χ0n) is 8.59. The molecule has 0 saturated carbocycles. The molecular weight excluding hydrogens is 176 g/mol. The number of anilines is 2. The van der Waals surface area contributed by atoms with Crippen molar-refractivity contribution in [1.29, 1.82) is 0 Å². The number of nitrogens with one attached hydrogen (secondary N) is 1. The van der Waals surface area contributed by atoms with Crippen molar-refractivity contribution in [3.05, 3.63) is 24.3 Å². The van der Waals surface area contributed by atoms with Gasteiger partial charge in [0.25, 0.3) is 0 Å². The Balaban J connectivity index is 2.51. The Morgan fingerprint density at radius 1 is 1.15 bits per heavy atom. The highest BCUT2D eigenvalue weighted by molar-refractivity contribution is 6.76. The molecule has 0 radical (unpaired) electrons. The molecule has 0 aliphatic heterocycles. The van der Waals surface area contributed by atoms with Crippen LogP contribution in [0.25, 0.3) is 0 Å². The molecule has 0 bridgehead atoms. The van der Waals surface area contributed by atoms with Crippen LogP contribution in [0.4, 0.5) is 11.4 Å². The number of benzene rings is 1. The average Bonchev–Trinajstić information content (AvgIpc) is 2.02. The van der Waals surface area contributed by atoms with Crippen molar-refractivity contribution in [3.63, 3.8) is 0 Å². The zero-order chi connectivity index (χ0) is 9.90. The normalized spacial score (nSPS) is 11.3. The smallest absolute Gasteiger partial charge is 0.0662 e. The number of hydrogen-bond acceptors (Lipinski definition) is 2. The molecule has 0 amide bonds. The fraction of sp³-hybridized carbons (Fsp3) is 0.400. The van der Waals surface area contributed by atoms with E-state index in [-0.39, 0.29) is 0 Å². The second-order valence-corrected chi connectivity index (χ2v) is 10.0. The molecule has 0 fully saturated rings. The van der Waals surface area contributed by atoms with Gasteiger partial charge >= 0.3 is 0 Å². The molecule has 0 heterocycles. The lowest BCUT2D eigenvalue weighted by Crippen LogP contribution is -2.31. The van der Waals surface area contributed by atoms with Crippen molar-refractivity contribution in [1.82, 2.24) is 0 Å². The summed E-state index contributed by atoms with van der Waals surface area (Å²) >= 11 is 0. The molecule has 0 unspecified atom stereocenters. The van der Waals surface area contributed by atoms with Crippen LogP contribution in [0, 0.1) is 0 Å². The molecule has 1 aromatic rings. The lowest BCUT2D eigenvalue weighted by molar-refractivity contribution is 1.36. The van der Waals surface area contributed by atoms with E-state index in [0.29, 0.717) is 0 Å². The van der Waals surface area contributed by atoms with E-state index in [2.05, 4.69) is 25.0 Å². The SMILES string of the molecule is C[Si](C)(C)CNc1ccc(N)cc1. The molecule has 13 heavy (non-hydrogen) atoms. The number of hydrogen-bond donors (Lipinski definition) is 2. The highest BCUT2D eigenvalue weighted by Gasteiger charge is 2.11. The third-order valence-electron chi connectivity index (χ3n) is 1.73. The predicted octanol–water partition coefficient (Wildman–Crippen LogP) is 2.56. The van der Waals surface area contributed by atoms with Crippen LogP contribution in [-0.2, 0) is 0 Å². The summed E-state index contributed by atoms with van der Waals surface area (Å²) in [4.78, 5) is 0. The maximum Gasteiger partial charge on any atom is 0.0662 e. The highest BCUT2D eigenvalue weighted by Crippen LogP contribution is 2.11. The minimum Gasteiger partial charge on any atom is -0.399 e. The van der Waals surface area contributed by atoms with Gasteiger partial charge in [-0.25, -0.2) is 0 Å². The Morgan fingerprint density at radius 3 is 2.15 bits per heavy atom. The molecule has 72 valence electrons.